The number of carbonyl (C=O) groups is 1. The molecule has 2 rings (SSSR count). The highest BCUT2D eigenvalue weighted by Gasteiger charge is 2.23. The molecule has 0 radical (unpaired) electrons. The van der Waals surface area contributed by atoms with E-state index in [1.165, 1.54) is 0 Å². The number of hydrogen-bond donors (Lipinski definition) is 1. The Balaban J connectivity index is 2.15. The molecule has 1 unspecified atom stereocenters. The number of nitrogens with zero attached hydrogens (tertiary/aromatic N) is 2. The molecule has 0 saturated carbocycles. The summed E-state index contributed by atoms with van der Waals surface area (Å²) in [5.74, 6) is -0.343. The highest BCUT2D eigenvalue weighted by Crippen LogP contribution is 2.21. The molecule has 20 heavy (non-hydrogen) atoms. The van der Waals surface area contributed by atoms with E-state index >= 15 is 0 Å². The lowest BCUT2D eigenvalue weighted by Crippen LogP contribution is -2.35. The van der Waals surface area contributed by atoms with Gasteiger partial charge in [-0.05, 0) is 19.0 Å². The van der Waals surface area contributed by atoms with Crippen LogP contribution in [0.5, 0.6) is 0 Å². The third kappa shape index (κ3) is 3.43. The summed E-state index contributed by atoms with van der Waals surface area (Å²) in [6.45, 7) is 2.70. The SMILES string of the molecule is CCc1nc(CN(C)C(C(N)=O)c2ccccc2)cs1. The number of hydrogen-bond acceptors (Lipinski definition) is 4. The van der Waals surface area contributed by atoms with Crippen LogP contribution in [-0.4, -0.2) is 22.8 Å². The smallest absolute Gasteiger partial charge is 0.239 e. The molecule has 4 nitrogen and oxygen atoms in total. The molecule has 1 heterocycles. The molecule has 1 atom stereocenters. The molecule has 1 aromatic heterocycles. The second-order valence-electron chi connectivity index (χ2n) is 4.72. The van der Waals surface area contributed by atoms with Gasteiger partial charge >= 0.3 is 0 Å². The Morgan fingerprint density at radius 3 is 2.65 bits per heavy atom. The first-order valence-corrected chi connectivity index (χ1v) is 7.47. The maximum Gasteiger partial charge on any atom is 0.239 e. The van der Waals surface area contributed by atoms with E-state index in [1.807, 2.05) is 47.7 Å². The average molecular weight is 289 g/mol. The van der Waals surface area contributed by atoms with Crippen LogP contribution in [0.25, 0.3) is 0 Å². The highest BCUT2D eigenvalue weighted by molar-refractivity contribution is 7.09. The van der Waals surface area contributed by atoms with Crippen LogP contribution < -0.4 is 5.73 Å². The van der Waals surface area contributed by atoms with Crippen molar-refractivity contribution in [3.63, 3.8) is 0 Å². The first-order chi connectivity index (χ1) is 9.61. The number of primary amides is 1. The Morgan fingerprint density at radius 1 is 1.40 bits per heavy atom. The number of benzene rings is 1. The number of carbonyl (C=O) groups excluding carboxylic acids is 1. The van der Waals surface area contributed by atoms with Gasteiger partial charge in [0.2, 0.25) is 5.91 Å². The van der Waals surface area contributed by atoms with E-state index in [2.05, 4.69) is 11.9 Å². The molecule has 0 aliphatic rings. The maximum absolute atomic E-state index is 11.8. The first kappa shape index (κ1) is 14.7. The molecule has 5 heteroatoms. The quantitative estimate of drug-likeness (QED) is 0.888. The molecule has 0 saturated heterocycles. The molecule has 0 fully saturated rings. The molecule has 2 aromatic rings. The largest absolute Gasteiger partial charge is 0.368 e. The number of aryl methyl sites for hydroxylation is 1. The first-order valence-electron chi connectivity index (χ1n) is 6.59. The minimum atomic E-state index is -0.428. The van der Waals surface area contributed by atoms with Gasteiger partial charge in [-0.2, -0.15) is 0 Å². The molecule has 0 aliphatic heterocycles. The summed E-state index contributed by atoms with van der Waals surface area (Å²) in [6.07, 6.45) is 0.937. The van der Waals surface area contributed by atoms with Crippen LogP contribution in [0.15, 0.2) is 35.7 Å². The minimum absolute atomic E-state index is 0.343. The van der Waals surface area contributed by atoms with Gasteiger partial charge < -0.3 is 5.73 Å². The van der Waals surface area contributed by atoms with Gasteiger partial charge in [0, 0.05) is 11.9 Å². The number of thiazole rings is 1. The third-order valence-corrected chi connectivity index (χ3v) is 4.18. The van der Waals surface area contributed by atoms with Crippen LogP contribution in [0, 0.1) is 0 Å². The van der Waals surface area contributed by atoms with Gasteiger partial charge in [-0.3, -0.25) is 9.69 Å². The van der Waals surface area contributed by atoms with E-state index in [0.29, 0.717) is 6.54 Å². The Kier molecular flexibility index (Phi) is 4.87. The van der Waals surface area contributed by atoms with Crippen LogP contribution >= 0.6 is 11.3 Å². The van der Waals surface area contributed by atoms with Gasteiger partial charge in [0.25, 0.3) is 0 Å². The summed E-state index contributed by atoms with van der Waals surface area (Å²) >= 11 is 1.65. The second-order valence-corrected chi connectivity index (χ2v) is 5.66. The molecule has 0 bridgehead atoms. The van der Waals surface area contributed by atoms with Crippen molar-refractivity contribution in [2.75, 3.05) is 7.05 Å². The Hall–Kier alpha value is -1.72. The summed E-state index contributed by atoms with van der Waals surface area (Å²) < 4.78 is 0. The van der Waals surface area contributed by atoms with Crippen LogP contribution in [0.2, 0.25) is 0 Å². The highest BCUT2D eigenvalue weighted by atomic mass is 32.1. The van der Waals surface area contributed by atoms with Crippen LogP contribution in [-0.2, 0) is 17.8 Å². The van der Waals surface area contributed by atoms with Gasteiger partial charge in [-0.25, -0.2) is 4.98 Å². The maximum atomic E-state index is 11.8. The van der Waals surface area contributed by atoms with Crippen molar-refractivity contribution < 1.29 is 4.79 Å². The second kappa shape index (κ2) is 6.63. The molecule has 1 amide bonds. The third-order valence-electron chi connectivity index (χ3n) is 3.14. The van der Waals surface area contributed by atoms with Crippen molar-refractivity contribution in [3.8, 4) is 0 Å². The fraction of sp³-hybridized carbons (Fsp3) is 0.333. The van der Waals surface area contributed by atoms with Crippen molar-refractivity contribution in [2.24, 2.45) is 5.73 Å². The topological polar surface area (TPSA) is 59.2 Å². The summed E-state index contributed by atoms with van der Waals surface area (Å²) in [7, 11) is 1.90. The van der Waals surface area contributed by atoms with E-state index in [-0.39, 0.29) is 5.91 Å². The molecule has 106 valence electrons. The predicted octanol–water partition coefficient (Wildman–Crippen LogP) is 2.36. The lowest BCUT2D eigenvalue weighted by atomic mass is 10.1. The van der Waals surface area contributed by atoms with Gasteiger partial charge in [-0.1, -0.05) is 37.3 Å². The number of amides is 1. The van der Waals surface area contributed by atoms with Crippen LogP contribution in [0.3, 0.4) is 0 Å². The molecule has 2 N–H and O–H groups in total. The van der Waals surface area contributed by atoms with Crippen LogP contribution in [0.4, 0.5) is 0 Å². The van der Waals surface area contributed by atoms with Crippen molar-refractivity contribution >= 4 is 17.2 Å². The lowest BCUT2D eigenvalue weighted by Gasteiger charge is -2.25. The van der Waals surface area contributed by atoms with Crippen molar-refractivity contribution in [1.29, 1.82) is 0 Å². The predicted molar refractivity (Wildman–Crippen MR) is 81.3 cm³/mol. The Morgan fingerprint density at radius 2 is 2.10 bits per heavy atom. The molecular weight excluding hydrogens is 270 g/mol. The fourth-order valence-corrected chi connectivity index (χ4v) is 2.94. The zero-order chi connectivity index (χ0) is 14.5. The minimum Gasteiger partial charge on any atom is -0.368 e. The van der Waals surface area contributed by atoms with Crippen LogP contribution in [0.1, 0.15) is 29.2 Å². The van der Waals surface area contributed by atoms with E-state index in [1.54, 1.807) is 11.3 Å². The number of nitrogens with two attached hydrogens (primary N) is 1. The molecule has 0 aliphatic carbocycles. The summed E-state index contributed by atoms with van der Waals surface area (Å²) in [5, 5.41) is 3.15. The van der Waals surface area contributed by atoms with Crippen molar-refractivity contribution in [2.45, 2.75) is 25.9 Å². The van der Waals surface area contributed by atoms with E-state index < -0.39 is 6.04 Å². The van der Waals surface area contributed by atoms with Gasteiger partial charge in [-0.15, -0.1) is 11.3 Å². The number of rotatable bonds is 6. The lowest BCUT2D eigenvalue weighted by molar-refractivity contribution is -0.123. The fourth-order valence-electron chi connectivity index (χ4n) is 2.20. The van der Waals surface area contributed by atoms with Gasteiger partial charge in [0.1, 0.15) is 6.04 Å². The standard InChI is InChI=1S/C15H19N3OS/c1-3-13-17-12(10-20-13)9-18(2)14(15(16)19)11-7-5-4-6-8-11/h4-8,10,14H,3,9H2,1-2H3,(H2,16,19). The van der Waals surface area contributed by atoms with E-state index in [9.17, 15) is 4.79 Å². The molecule has 1 aromatic carbocycles. The monoisotopic (exact) mass is 289 g/mol. The van der Waals surface area contributed by atoms with Crippen molar-refractivity contribution in [3.05, 3.63) is 52.0 Å². The zero-order valence-electron chi connectivity index (χ0n) is 11.7. The number of likely N-dealkylation sites (N-methyl/N-ethyl adjacent to an activating group) is 1. The Labute approximate surface area is 123 Å². The summed E-state index contributed by atoms with van der Waals surface area (Å²) in [6, 6.07) is 9.17. The van der Waals surface area contributed by atoms with Gasteiger partial charge in [0.15, 0.2) is 0 Å². The summed E-state index contributed by atoms with van der Waals surface area (Å²) in [5.41, 5.74) is 7.45. The Bertz CT molecular complexity index is 568. The summed E-state index contributed by atoms with van der Waals surface area (Å²) in [4.78, 5) is 18.2. The number of aromatic nitrogens is 1. The zero-order valence-corrected chi connectivity index (χ0v) is 12.6. The normalized spacial score (nSPS) is 12.6. The van der Waals surface area contributed by atoms with E-state index in [4.69, 9.17) is 5.73 Å². The van der Waals surface area contributed by atoms with E-state index in [0.717, 1.165) is 22.7 Å². The average Bonchev–Trinajstić information content (AvgIpc) is 2.87. The molecule has 0 spiro atoms. The van der Waals surface area contributed by atoms with Crippen molar-refractivity contribution in [1.82, 2.24) is 9.88 Å². The molecular formula is C15H19N3OS. The van der Waals surface area contributed by atoms with Gasteiger partial charge in [0.05, 0.1) is 10.7 Å².